The fourth-order valence-corrected chi connectivity index (χ4v) is 4.25. The van der Waals surface area contributed by atoms with Gasteiger partial charge in [-0.05, 0) is 6.92 Å². The third-order valence-corrected chi connectivity index (χ3v) is 5.81. The first kappa shape index (κ1) is 19.0. The van der Waals surface area contributed by atoms with Crippen LogP contribution in [-0.4, -0.2) is 67.3 Å². The number of rotatable bonds is 5. The molecule has 0 bridgehead atoms. The van der Waals surface area contributed by atoms with E-state index in [2.05, 4.69) is 10.4 Å². The number of nitrogens with zero attached hydrogens (tertiary/aromatic N) is 3. The molecule has 3 heterocycles. The highest BCUT2D eigenvalue weighted by molar-refractivity contribution is 8.00. The van der Waals surface area contributed by atoms with Gasteiger partial charge in [-0.2, -0.15) is 5.10 Å². The van der Waals surface area contributed by atoms with Gasteiger partial charge in [-0.25, -0.2) is 4.79 Å². The number of thioether (sulfide) groups is 1. The first-order chi connectivity index (χ1) is 12.7. The number of esters is 1. The molecule has 2 amide bonds. The predicted molar refractivity (Wildman–Crippen MR) is 93.6 cm³/mol. The Morgan fingerprint density at radius 3 is 2.70 bits per heavy atom. The zero-order valence-electron chi connectivity index (χ0n) is 14.9. The molecule has 27 heavy (non-hydrogen) atoms. The van der Waals surface area contributed by atoms with E-state index < -0.39 is 35.2 Å². The summed E-state index contributed by atoms with van der Waals surface area (Å²) in [6.45, 7) is 2.77. The number of amides is 2. The number of aryl methyl sites for hydroxylation is 1. The third-order valence-electron chi connectivity index (χ3n) is 4.47. The molecule has 2 atom stereocenters. The molecule has 144 valence electrons. The SMILES string of the molecule is CC(=O)OCC1=C(C(=O)O)N2C(=O)C(NC(=O)c3cnn(C)c3C)C2SC1. The molecule has 0 radical (unpaired) electrons. The largest absolute Gasteiger partial charge is 0.477 e. The number of β-lactam (4-membered cyclic amide) rings is 1. The van der Waals surface area contributed by atoms with Crippen LogP contribution in [0.2, 0.25) is 0 Å². The molecule has 1 saturated heterocycles. The lowest BCUT2D eigenvalue weighted by atomic mass is 10.0. The average molecular weight is 394 g/mol. The van der Waals surface area contributed by atoms with Gasteiger partial charge in [0.15, 0.2) is 0 Å². The summed E-state index contributed by atoms with van der Waals surface area (Å²) >= 11 is 1.31. The summed E-state index contributed by atoms with van der Waals surface area (Å²) in [6, 6.07) is -0.827. The molecular formula is C16H18N4O6S. The lowest BCUT2D eigenvalue weighted by Crippen LogP contribution is -2.70. The van der Waals surface area contributed by atoms with Crippen LogP contribution >= 0.6 is 11.8 Å². The molecular weight excluding hydrogens is 376 g/mol. The van der Waals surface area contributed by atoms with Crippen molar-refractivity contribution in [3.8, 4) is 0 Å². The molecule has 3 rings (SSSR count). The second-order valence-corrected chi connectivity index (χ2v) is 7.27. The number of fused-ring (bicyclic) bond motifs is 1. The second kappa shape index (κ2) is 7.06. The molecule has 1 aromatic heterocycles. The van der Waals surface area contributed by atoms with Crippen LogP contribution in [0.5, 0.6) is 0 Å². The number of hydrogen-bond donors (Lipinski definition) is 2. The Bertz CT molecular complexity index is 876. The summed E-state index contributed by atoms with van der Waals surface area (Å²) in [7, 11) is 1.70. The standard InChI is InChI=1S/C16H18N4O6S/c1-7-10(4-17-19(7)3)13(22)18-11-14(23)20-12(16(24)25)9(5-26-8(2)21)6-27-15(11)20/h4,11,15H,5-6H2,1-3H3,(H,18,22)(H,24,25). The highest BCUT2D eigenvalue weighted by Crippen LogP contribution is 2.40. The summed E-state index contributed by atoms with van der Waals surface area (Å²) in [5, 5.41) is 15.6. The van der Waals surface area contributed by atoms with Crippen molar-refractivity contribution in [2.24, 2.45) is 7.05 Å². The third kappa shape index (κ3) is 3.29. The summed E-state index contributed by atoms with van der Waals surface area (Å²) in [6.07, 6.45) is 1.42. The molecule has 11 heteroatoms. The summed E-state index contributed by atoms with van der Waals surface area (Å²) in [5.74, 6) is -2.48. The number of aromatic nitrogens is 2. The van der Waals surface area contributed by atoms with Crippen molar-refractivity contribution in [3.63, 3.8) is 0 Å². The van der Waals surface area contributed by atoms with Crippen molar-refractivity contribution in [1.82, 2.24) is 20.0 Å². The quantitative estimate of drug-likeness (QED) is 0.512. The molecule has 1 aromatic rings. The zero-order valence-corrected chi connectivity index (χ0v) is 15.7. The van der Waals surface area contributed by atoms with Gasteiger partial charge in [0.05, 0.1) is 11.8 Å². The minimum absolute atomic E-state index is 0.187. The monoisotopic (exact) mass is 394 g/mol. The number of nitrogens with one attached hydrogen (secondary N) is 1. The molecule has 0 aliphatic carbocycles. The van der Waals surface area contributed by atoms with Crippen LogP contribution < -0.4 is 5.32 Å². The van der Waals surface area contributed by atoms with Gasteiger partial charge in [0.1, 0.15) is 23.7 Å². The average Bonchev–Trinajstić information content (AvgIpc) is 2.95. The van der Waals surface area contributed by atoms with E-state index in [9.17, 15) is 24.3 Å². The predicted octanol–water partition coefficient (Wildman–Crippen LogP) is -0.356. The van der Waals surface area contributed by atoms with Crippen LogP contribution in [0.4, 0.5) is 0 Å². The maximum absolute atomic E-state index is 12.5. The highest BCUT2D eigenvalue weighted by atomic mass is 32.2. The fourth-order valence-electron chi connectivity index (χ4n) is 2.92. The second-order valence-electron chi connectivity index (χ2n) is 6.17. The Morgan fingerprint density at radius 1 is 1.44 bits per heavy atom. The molecule has 2 N–H and O–H groups in total. The zero-order chi connectivity index (χ0) is 19.9. The van der Waals surface area contributed by atoms with Gasteiger partial charge in [-0.15, -0.1) is 11.8 Å². The number of ether oxygens (including phenoxy) is 1. The summed E-state index contributed by atoms with van der Waals surface area (Å²) < 4.78 is 6.43. The van der Waals surface area contributed by atoms with Gasteiger partial charge in [-0.3, -0.25) is 24.0 Å². The number of carbonyl (C=O) groups excluding carboxylic acids is 3. The Labute approximate surface area is 158 Å². The van der Waals surface area contributed by atoms with Crippen LogP contribution in [0.1, 0.15) is 23.0 Å². The Balaban J connectivity index is 1.77. The maximum atomic E-state index is 12.5. The molecule has 0 spiro atoms. The normalized spacial score (nSPS) is 21.4. The van der Waals surface area contributed by atoms with Crippen LogP contribution in [-0.2, 0) is 26.2 Å². The Morgan fingerprint density at radius 2 is 2.15 bits per heavy atom. The smallest absolute Gasteiger partial charge is 0.352 e. The Kier molecular flexibility index (Phi) is 4.96. The van der Waals surface area contributed by atoms with Crippen LogP contribution in [0.3, 0.4) is 0 Å². The minimum Gasteiger partial charge on any atom is -0.477 e. The first-order valence-corrected chi connectivity index (χ1v) is 9.10. The van der Waals surface area contributed by atoms with Crippen LogP contribution in [0.15, 0.2) is 17.5 Å². The first-order valence-electron chi connectivity index (χ1n) is 8.05. The van der Waals surface area contributed by atoms with Crippen LogP contribution in [0, 0.1) is 6.92 Å². The van der Waals surface area contributed by atoms with Gasteiger partial charge in [-0.1, -0.05) is 0 Å². The van der Waals surface area contributed by atoms with E-state index in [0.717, 1.165) is 4.90 Å². The van der Waals surface area contributed by atoms with E-state index in [-0.39, 0.29) is 18.1 Å². The van der Waals surface area contributed by atoms with Crippen molar-refractivity contribution in [2.45, 2.75) is 25.3 Å². The molecule has 2 unspecified atom stereocenters. The molecule has 2 aliphatic heterocycles. The lowest BCUT2D eigenvalue weighted by molar-refractivity contribution is -0.149. The van der Waals surface area contributed by atoms with Gasteiger partial charge in [0.2, 0.25) is 0 Å². The van der Waals surface area contributed by atoms with Crippen molar-refractivity contribution < 1.29 is 29.0 Å². The number of carboxylic acids is 1. The number of carbonyl (C=O) groups is 4. The van der Waals surface area contributed by atoms with Crippen LogP contribution in [0.25, 0.3) is 0 Å². The van der Waals surface area contributed by atoms with Gasteiger partial charge in [0.25, 0.3) is 11.8 Å². The minimum atomic E-state index is -1.27. The summed E-state index contributed by atoms with van der Waals surface area (Å²) in [4.78, 5) is 48.7. The maximum Gasteiger partial charge on any atom is 0.352 e. The van der Waals surface area contributed by atoms with Gasteiger partial charge >= 0.3 is 11.9 Å². The van der Waals surface area contributed by atoms with E-state index in [1.165, 1.54) is 24.9 Å². The molecule has 0 saturated carbocycles. The van der Waals surface area contributed by atoms with E-state index in [0.29, 0.717) is 16.8 Å². The molecule has 2 aliphatic rings. The van der Waals surface area contributed by atoms with Crippen molar-refractivity contribution in [3.05, 3.63) is 28.7 Å². The van der Waals surface area contributed by atoms with Gasteiger partial charge < -0.3 is 15.2 Å². The topological polar surface area (TPSA) is 131 Å². The van der Waals surface area contributed by atoms with Crippen molar-refractivity contribution in [2.75, 3.05) is 12.4 Å². The summed E-state index contributed by atoms with van der Waals surface area (Å²) in [5.41, 5.74) is 1.17. The number of hydrogen-bond acceptors (Lipinski definition) is 7. The van der Waals surface area contributed by atoms with E-state index in [4.69, 9.17) is 4.74 Å². The van der Waals surface area contributed by atoms with Gasteiger partial charge in [0, 0.05) is 31.0 Å². The van der Waals surface area contributed by atoms with Crippen molar-refractivity contribution in [1.29, 1.82) is 0 Å². The van der Waals surface area contributed by atoms with Crippen molar-refractivity contribution >= 4 is 35.5 Å². The highest BCUT2D eigenvalue weighted by Gasteiger charge is 2.54. The molecule has 10 nitrogen and oxygen atoms in total. The lowest BCUT2D eigenvalue weighted by Gasteiger charge is -2.49. The number of carboxylic acid groups (broad SMARTS) is 1. The molecule has 1 fully saturated rings. The van der Waals surface area contributed by atoms with E-state index in [1.54, 1.807) is 18.7 Å². The number of aliphatic carboxylic acids is 1. The van der Waals surface area contributed by atoms with E-state index in [1.807, 2.05) is 0 Å². The fraction of sp³-hybridized carbons (Fsp3) is 0.438. The van der Waals surface area contributed by atoms with E-state index >= 15 is 0 Å². The molecule has 0 aromatic carbocycles. The Hall–Kier alpha value is -2.82.